The summed E-state index contributed by atoms with van der Waals surface area (Å²) in [6, 6.07) is 19.8. The molecule has 600 valence electrons. The van der Waals surface area contributed by atoms with E-state index in [0.29, 0.717) is 84.9 Å². The molecule has 4 bridgehead atoms. The molecule has 10 atom stereocenters. The van der Waals surface area contributed by atoms with Crippen molar-refractivity contribution in [3.05, 3.63) is 130 Å². The number of carboxylic acid groups (broad SMARTS) is 2. The topological polar surface area (TPSA) is 450 Å². The first-order valence-electron chi connectivity index (χ1n) is 37.7. The van der Waals surface area contributed by atoms with Gasteiger partial charge in [-0.3, -0.25) is 48.2 Å². The molecule has 3 aliphatic heterocycles. The number of rotatable bonds is 33. The van der Waals surface area contributed by atoms with E-state index in [1.165, 1.54) is 16.2 Å². The minimum absolute atomic E-state index is 0.0116. The Morgan fingerprint density at radius 1 is 0.839 bits per heavy atom. The molecule has 5 saturated carbocycles. The number of anilines is 2. The van der Waals surface area contributed by atoms with Crippen LogP contribution in [-0.2, 0) is 80.8 Å². The zero-order valence-electron chi connectivity index (χ0n) is 62.4. The molecular formula is C78H94N10O22S2. The van der Waals surface area contributed by atoms with Crippen LogP contribution in [0.25, 0.3) is 21.3 Å². The molecule has 6 amide bonds. The number of unbranched alkanes of at least 4 members (excludes halogenated alkanes) is 1. The van der Waals surface area contributed by atoms with Gasteiger partial charge in [-0.05, 0) is 147 Å². The summed E-state index contributed by atoms with van der Waals surface area (Å²) in [5, 5.41) is 85.1. The van der Waals surface area contributed by atoms with Crippen molar-refractivity contribution >= 4 is 90.2 Å². The number of carboxylic acids is 2. The molecule has 34 heteroatoms. The Kier molecular flexibility index (Phi) is 23.8. The Bertz CT molecular complexity index is 4690. The molecule has 8 aliphatic rings. The van der Waals surface area contributed by atoms with Gasteiger partial charge in [-0.25, -0.2) is 19.6 Å². The number of aromatic nitrogens is 4. The predicted octanol–water partition coefficient (Wildman–Crippen LogP) is 5.07. The highest BCUT2D eigenvalue weighted by Crippen LogP contribution is 2.72. The number of aryl methyl sites for hydroxylation is 1. The maximum absolute atomic E-state index is 14.5. The minimum Gasteiger partial charge on any atom is -0.487 e. The fourth-order valence-electron chi connectivity index (χ4n) is 18.9. The molecule has 3 aromatic carbocycles. The number of hydrogen-bond donors (Lipinski definition) is 10. The summed E-state index contributed by atoms with van der Waals surface area (Å²) in [5.74, 6) is -7.39. The van der Waals surface area contributed by atoms with Crippen LogP contribution in [0.2, 0.25) is 0 Å². The summed E-state index contributed by atoms with van der Waals surface area (Å²) in [6.07, 6.45) is 1.10. The quantitative estimate of drug-likeness (QED) is 0.0146. The number of thiazole rings is 1. The first-order chi connectivity index (χ1) is 53.3. The molecule has 6 fully saturated rings. The Balaban J connectivity index is 0.654. The standard InChI is InChI=1S/C78H94N10O22S2/c1-45-54(51-16-17-61(82-65(51)72(101)102)85-23-20-47-10-8-11-52(55(47)33-85)69(97)83-73-81-56-12-4-5-13-60(56)111-73)32-80-87(45)44-77-39-75(2)38-76(3,40-77)42-78(41-75,43-77)109-26-25-84(24-21-50(90)35-89)74(103)108-36-48-15-14-46(29-58(48)110-59-31-53(71(99)100)66(94)68(96)67(59)95)9-6-7-22-79-62(91)34-86-49(37-107-27-28-112(104,105)106)30-57(70(86)98)88-63(92)18-19-64(88)93/h4-5,8,10-19,29,32,49-50,53,57,59,66-68,89-90,94-96H,6-7,9,20-28,30-31,33-44H2,1-3H3,(H,79,91)(H,99,100)(H,101,102)(H,81,83,97)(H,104,105,106)/t49-,50?,53-,57-,59+,66+,67-,68-,75?,76?,77?,78?/m0/s1. The summed E-state index contributed by atoms with van der Waals surface area (Å²) in [5.41, 5.74) is 4.53. The average Bonchev–Trinajstić information content (AvgIpc) is 0.705. The number of ether oxygens (including phenoxy) is 4. The summed E-state index contributed by atoms with van der Waals surface area (Å²) < 4.78 is 59.5. The smallest absolute Gasteiger partial charge is 0.410 e. The van der Waals surface area contributed by atoms with Crippen molar-refractivity contribution < 1.29 is 106 Å². The number of aliphatic hydroxyl groups is 5. The summed E-state index contributed by atoms with van der Waals surface area (Å²) >= 11 is 1.39. The van der Waals surface area contributed by atoms with Crippen molar-refractivity contribution in [2.24, 2.45) is 22.2 Å². The number of carbonyl (C=O) groups excluding carboxylic acids is 6. The summed E-state index contributed by atoms with van der Waals surface area (Å²) in [6.45, 7) is 5.86. The lowest BCUT2D eigenvalue weighted by Crippen LogP contribution is -2.64. The fraction of sp³-hybridized carbons (Fsp3) is 0.526. The maximum atomic E-state index is 14.5. The van der Waals surface area contributed by atoms with Crippen LogP contribution in [0.5, 0.6) is 5.75 Å². The molecule has 14 rings (SSSR count). The zero-order valence-corrected chi connectivity index (χ0v) is 64.0. The molecule has 32 nitrogen and oxygen atoms in total. The second kappa shape index (κ2) is 33.0. The number of hydrogen-bond acceptors (Lipinski definition) is 24. The van der Waals surface area contributed by atoms with Crippen LogP contribution >= 0.6 is 11.3 Å². The minimum atomic E-state index is -4.37. The number of benzene rings is 3. The van der Waals surface area contributed by atoms with E-state index in [2.05, 4.69) is 29.5 Å². The number of nitrogens with zero attached hydrogens (tertiary/aromatic N) is 8. The second-order valence-corrected chi connectivity index (χ2v) is 34.4. The van der Waals surface area contributed by atoms with E-state index < -0.39 is 144 Å². The highest BCUT2D eigenvalue weighted by Gasteiger charge is 2.66. The van der Waals surface area contributed by atoms with Gasteiger partial charge in [0.15, 0.2) is 10.8 Å². The molecule has 10 N–H and O–H groups in total. The molecule has 0 radical (unpaired) electrons. The summed E-state index contributed by atoms with van der Waals surface area (Å²) in [7, 11) is -4.37. The molecular weight excluding hydrogens is 1490 g/mol. The van der Waals surface area contributed by atoms with E-state index in [9.17, 15) is 82.5 Å². The zero-order chi connectivity index (χ0) is 79.8. The van der Waals surface area contributed by atoms with Gasteiger partial charge in [-0.2, -0.15) is 13.5 Å². The molecule has 112 heavy (non-hydrogen) atoms. The van der Waals surface area contributed by atoms with Crippen LogP contribution in [0, 0.1) is 29.1 Å². The lowest BCUT2D eigenvalue weighted by atomic mass is 9.39. The van der Waals surface area contributed by atoms with E-state index in [0.717, 1.165) is 81.1 Å². The van der Waals surface area contributed by atoms with Crippen LogP contribution in [0.15, 0.2) is 91.1 Å². The number of fused-ring (bicyclic) bond motifs is 2. The Labute approximate surface area is 649 Å². The van der Waals surface area contributed by atoms with Crippen molar-refractivity contribution in [3.63, 3.8) is 0 Å². The van der Waals surface area contributed by atoms with Crippen LogP contribution in [0.4, 0.5) is 15.7 Å². The van der Waals surface area contributed by atoms with Gasteiger partial charge < -0.3 is 74.7 Å². The number of aliphatic hydroxyl groups excluding tert-OH is 5. The van der Waals surface area contributed by atoms with Crippen LogP contribution < -0.4 is 20.3 Å². The highest BCUT2D eigenvalue weighted by atomic mass is 32.2. The van der Waals surface area contributed by atoms with Crippen molar-refractivity contribution in [1.29, 1.82) is 0 Å². The molecule has 0 spiro atoms. The third-order valence-electron chi connectivity index (χ3n) is 23.0. The maximum Gasteiger partial charge on any atom is 0.410 e. The van der Waals surface area contributed by atoms with Crippen LogP contribution in [0.1, 0.15) is 133 Å². The van der Waals surface area contributed by atoms with Gasteiger partial charge in [0.05, 0.1) is 84.9 Å². The number of pyridine rings is 1. The first-order valence-corrected chi connectivity index (χ1v) is 40.1. The monoisotopic (exact) mass is 1590 g/mol. The van der Waals surface area contributed by atoms with Gasteiger partial charge in [0.2, 0.25) is 11.8 Å². The Hall–Kier alpha value is -9.36. The van der Waals surface area contributed by atoms with E-state index in [1.807, 2.05) is 59.0 Å². The highest BCUT2D eigenvalue weighted by molar-refractivity contribution is 7.85. The van der Waals surface area contributed by atoms with Crippen molar-refractivity contribution in [2.45, 2.75) is 172 Å². The SMILES string of the molecule is Cc1c(-c2ccc(N3CCc4cccc(C(=O)Nc5nc6ccccc6s5)c4C3)nc2C(=O)O)cnn1CC12CC3(C)CC(C)(C1)CC(OCCN(CCC(O)CO)C(=O)OCc1ccc(CCCCNC(=O)CN4C(=O)[C@@H](N5C(=O)C=CC5=O)C[C@H]4COCCS(=O)(=O)O)cc1O[C@@H]1C[C@H](C(=O)O)[C@@H](O)[C@H](O)[C@H]1O)(C3)C2. The van der Waals surface area contributed by atoms with Crippen LogP contribution in [-0.4, -0.2) is 244 Å². The predicted molar refractivity (Wildman–Crippen MR) is 403 cm³/mol. The number of para-hydroxylation sites is 1. The molecule has 6 heterocycles. The number of carbonyl (C=O) groups is 8. The lowest BCUT2D eigenvalue weighted by Gasteiger charge is -2.69. The Morgan fingerprint density at radius 2 is 1.60 bits per heavy atom. The molecule has 5 aliphatic carbocycles. The number of aromatic carboxylic acids is 1. The second-order valence-electron chi connectivity index (χ2n) is 31.8. The van der Waals surface area contributed by atoms with Gasteiger partial charge in [-0.15, -0.1) is 0 Å². The largest absolute Gasteiger partial charge is 0.487 e. The molecule has 1 saturated heterocycles. The van der Waals surface area contributed by atoms with Crippen molar-refractivity contribution in [2.75, 3.05) is 75.1 Å². The number of aliphatic carboxylic acids is 1. The first kappa shape index (κ1) is 80.7. The van der Waals surface area contributed by atoms with E-state index >= 15 is 0 Å². The van der Waals surface area contributed by atoms with Crippen molar-refractivity contribution in [1.82, 2.24) is 39.8 Å². The van der Waals surface area contributed by atoms with Crippen molar-refractivity contribution in [3.8, 4) is 16.9 Å². The van der Waals surface area contributed by atoms with Crippen LogP contribution in [0.3, 0.4) is 0 Å². The summed E-state index contributed by atoms with van der Waals surface area (Å²) in [4.78, 5) is 121. The van der Waals surface area contributed by atoms with Gasteiger partial charge >= 0.3 is 18.0 Å². The normalized spacial score (nSPS) is 26.2. The molecule has 6 aromatic rings. The number of likely N-dealkylation sites (tertiary alicyclic amines) is 1. The Morgan fingerprint density at radius 3 is 2.32 bits per heavy atom. The number of imide groups is 1. The van der Waals surface area contributed by atoms with E-state index in [1.54, 1.807) is 36.5 Å². The van der Waals surface area contributed by atoms with Gasteiger partial charge in [0.25, 0.3) is 27.8 Å². The molecule has 3 unspecified atom stereocenters. The third-order valence-corrected chi connectivity index (χ3v) is 24.6. The molecule has 3 aromatic heterocycles. The number of amides is 6. The van der Waals surface area contributed by atoms with E-state index in [-0.39, 0.29) is 84.8 Å². The van der Waals surface area contributed by atoms with E-state index in [4.69, 9.17) is 33.6 Å². The average molecular weight is 1590 g/mol. The van der Waals surface area contributed by atoms with Gasteiger partial charge in [0, 0.05) is 92.2 Å². The number of nitrogens with one attached hydrogen (secondary N) is 2. The lowest BCUT2D eigenvalue weighted by molar-refractivity contribution is -0.248. The third kappa shape index (κ3) is 17.8. The van der Waals surface area contributed by atoms with Gasteiger partial charge in [0.1, 0.15) is 42.5 Å². The fourth-order valence-corrected chi connectivity index (χ4v) is 20.0. The van der Waals surface area contributed by atoms with Gasteiger partial charge in [-0.1, -0.05) is 61.6 Å².